The predicted octanol–water partition coefficient (Wildman–Crippen LogP) is 3.00. The summed E-state index contributed by atoms with van der Waals surface area (Å²) >= 11 is 0. The lowest BCUT2D eigenvalue weighted by Crippen LogP contribution is -2.32. The number of aliphatic hydroxyl groups excluding tert-OH is 1. The highest BCUT2D eigenvalue weighted by Crippen LogP contribution is 2.44. The second-order valence-electron chi connectivity index (χ2n) is 4.99. The zero-order chi connectivity index (χ0) is 9.90. The molecule has 1 heteroatoms. The van der Waals surface area contributed by atoms with Crippen LogP contribution in [-0.2, 0) is 0 Å². The van der Waals surface area contributed by atoms with Gasteiger partial charge in [-0.15, -0.1) is 0 Å². The smallest absolute Gasteiger partial charge is 0.0612 e. The molecule has 1 N–H and O–H groups in total. The lowest BCUT2D eigenvalue weighted by Gasteiger charge is -2.41. The van der Waals surface area contributed by atoms with Gasteiger partial charge in [-0.25, -0.2) is 0 Å². The molecule has 0 bridgehead atoms. The van der Waals surface area contributed by atoms with E-state index in [-0.39, 0.29) is 6.61 Å². The summed E-state index contributed by atoms with van der Waals surface area (Å²) in [6.45, 7) is 7.19. The molecular formula is C12H22O. The topological polar surface area (TPSA) is 20.2 Å². The fraction of sp³-hybridized carbons (Fsp3) is 0.833. The Labute approximate surface area is 81.9 Å². The highest BCUT2D eigenvalue weighted by Gasteiger charge is 2.34. The van der Waals surface area contributed by atoms with E-state index in [0.717, 1.165) is 5.92 Å². The van der Waals surface area contributed by atoms with Gasteiger partial charge in [-0.1, -0.05) is 45.8 Å². The maximum absolute atomic E-state index is 8.77. The second-order valence-corrected chi connectivity index (χ2v) is 4.99. The highest BCUT2D eigenvalue weighted by molar-refractivity contribution is 4.99. The van der Waals surface area contributed by atoms with Crippen LogP contribution >= 0.6 is 0 Å². The molecule has 1 aliphatic carbocycles. The van der Waals surface area contributed by atoms with Crippen molar-refractivity contribution >= 4 is 0 Å². The van der Waals surface area contributed by atoms with E-state index in [0.29, 0.717) is 11.3 Å². The SMILES string of the molecule is C[C@H]1CCCC(C)(C)[C@H]1C=CCO. The number of aliphatic hydroxyl groups is 1. The molecule has 0 amide bonds. The van der Waals surface area contributed by atoms with Crippen LogP contribution in [0.25, 0.3) is 0 Å². The maximum atomic E-state index is 8.77. The zero-order valence-electron chi connectivity index (χ0n) is 9.09. The minimum absolute atomic E-state index is 0.180. The minimum atomic E-state index is 0.180. The van der Waals surface area contributed by atoms with E-state index < -0.39 is 0 Å². The summed E-state index contributed by atoms with van der Waals surface area (Å²) in [5.41, 5.74) is 0.420. The van der Waals surface area contributed by atoms with Crippen LogP contribution in [0.5, 0.6) is 0 Å². The fourth-order valence-electron chi connectivity index (χ4n) is 2.65. The van der Waals surface area contributed by atoms with Gasteiger partial charge in [0.05, 0.1) is 6.61 Å². The van der Waals surface area contributed by atoms with Crippen molar-refractivity contribution in [1.82, 2.24) is 0 Å². The van der Waals surface area contributed by atoms with Crippen molar-refractivity contribution in [2.24, 2.45) is 17.3 Å². The van der Waals surface area contributed by atoms with E-state index in [1.807, 2.05) is 6.08 Å². The fourth-order valence-corrected chi connectivity index (χ4v) is 2.65. The van der Waals surface area contributed by atoms with Crippen molar-refractivity contribution in [2.45, 2.75) is 40.0 Å². The summed E-state index contributed by atoms with van der Waals surface area (Å²) < 4.78 is 0. The quantitative estimate of drug-likeness (QED) is 0.651. The first-order chi connectivity index (χ1) is 6.08. The van der Waals surface area contributed by atoms with E-state index in [1.165, 1.54) is 19.3 Å². The van der Waals surface area contributed by atoms with Crippen LogP contribution in [-0.4, -0.2) is 11.7 Å². The third kappa shape index (κ3) is 2.57. The van der Waals surface area contributed by atoms with Gasteiger partial charge in [-0.3, -0.25) is 0 Å². The van der Waals surface area contributed by atoms with Gasteiger partial charge in [0, 0.05) is 0 Å². The third-order valence-corrected chi connectivity index (χ3v) is 3.44. The molecule has 0 aromatic heterocycles. The van der Waals surface area contributed by atoms with Crippen LogP contribution in [0, 0.1) is 17.3 Å². The zero-order valence-corrected chi connectivity index (χ0v) is 9.09. The molecule has 0 radical (unpaired) electrons. The number of allylic oxidation sites excluding steroid dienone is 1. The van der Waals surface area contributed by atoms with Crippen molar-refractivity contribution in [1.29, 1.82) is 0 Å². The van der Waals surface area contributed by atoms with E-state index >= 15 is 0 Å². The first kappa shape index (κ1) is 10.8. The van der Waals surface area contributed by atoms with Gasteiger partial charge in [-0.2, -0.15) is 0 Å². The second kappa shape index (κ2) is 4.28. The van der Waals surface area contributed by atoms with Crippen LogP contribution in [0.3, 0.4) is 0 Å². The summed E-state index contributed by atoms with van der Waals surface area (Å²) in [5.74, 6) is 1.42. The molecule has 0 spiro atoms. The number of hydrogen-bond donors (Lipinski definition) is 1. The Bertz CT molecular complexity index is 182. The van der Waals surface area contributed by atoms with Crippen LogP contribution < -0.4 is 0 Å². The monoisotopic (exact) mass is 182 g/mol. The lowest BCUT2D eigenvalue weighted by atomic mass is 9.64. The summed E-state index contributed by atoms with van der Waals surface area (Å²) in [6, 6.07) is 0. The van der Waals surface area contributed by atoms with Gasteiger partial charge in [0.1, 0.15) is 0 Å². The van der Waals surface area contributed by atoms with Gasteiger partial charge in [0.2, 0.25) is 0 Å². The van der Waals surface area contributed by atoms with Crippen molar-refractivity contribution in [3.8, 4) is 0 Å². The summed E-state index contributed by atoms with van der Waals surface area (Å²) in [4.78, 5) is 0. The largest absolute Gasteiger partial charge is 0.392 e. The molecule has 1 rings (SSSR count). The molecule has 0 aromatic rings. The highest BCUT2D eigenvalue weighted by atomic mass is 16.2. The Kier molecular flexibility index (Phi) is 3.55. The molecule has 1 aliphatic rings. The molecule has 2 atom stereocenters. The third-order valence-electron chi connectivity index (χ3n) is 3.44. The summed E-state index contributed by atoms with van der Waals surface area (Å²) in [7, 11) is 0. The van der Waals surface area contributed by atoms with Gasteiger partial charge < -0.3 is 5.11 Å². The molecule has 76 valence electrons. The Morgan fingerprint density at radius 2 is 2.15 bits per heavy atom. The maximum Gasteiger partial charge on any atom is 0.0612 e. The Morgan fingerprint density at radius 3 is 2.69 bits per heavy atom. The molecule has 0 aliphatic heterocycles. The normalized spacial score (nSPS) is 33.8. The van der Waals surface area contributed by atoms with Crippen molar-refractivity contribution in [3.63, 3.8) is 0 Å². The summed E-state index contributed by atoms with van der Waals surface area (Å²) in [5, 5.41) is 8.77. The molecule has 0 heterocycles. The summed E-state index contributed by atoms with van der Waals surface area (Å²) in [6.07, 6.45) is 8.12. The molecule has 0 aromatic carbocycles. The van der Waals surface area contributed by atoms with Gasteiger partial charge in [0.15, 0.2) is 0 Å². The first-order valence-electron chi connectivity index (χ1n) is 5.35. The number of hydrogen-bond acceptors (Lipinski definition) is 1. The molecule has 1 nitrogen and oxygen atoms in total. The average Bonchev–Trinajstić information content (AvgIpc) is 2.02. The minimum Gasteiger partial charge on any atom is -0.392 e. The van der Waals surface area contributed by atoms with Gasteiger partial charge in [-0.05, 0) is 23.7 Å². The van der Waals surface area contributed by atoms with Crippen LogP contribution in [0.4, 0.5) is 0 Å². The molecule has 0 unspecified atom stereocenters. The van der Waals surface area contributed by atoms with E-state index in [9.17, 15) is 0 Å². The Morgan fingerprint density at radius 1 is 1.46 bits per heavy atom. The van der Waals surface area contributed by atoms with E-state index in [2.05, 4.69) is 26.8 Å². The molecule has 0 saturated heterocycles. The van der Waals surface area contributed by atoms with Crippen LogP contribution in [0.1, 0.15) is 40.0 Å². The molecular weight excluding hydrogens is 160 g/mol. The molecule has 1 saturated carbocycles. The van der Waals surface area contributed by atoms with Gasteiger partial charge in [0.25, 0.3) is 0 Å². The van der Waals surface area contributed by atoms with Gasteiger partial charge >= 0.3 is 0 Å². The molecule has 1 fully saturated rings. The van der Waals surface area contributed by atoms with E-state index in [4.69, 9.17) is 5.11 Å². The van der Waals surface area contributed by atoms with Crippen LogP contribution in [0.15, 0.2) is 12.2 Å². The van der Waals surface area contributed by atoms with Crippen molar-refractivity contribution in [3.05, 3.63) is 12.2 Å². The lowest BCUT2D eigenvalue weighted by molar-refractivity contribution is 0.122. The van der Waals surface area contributed by atoms with Crippen LogP contribution in [0.2, 0.25) is 0 Å². The number of rotatable bonds is 2. The molecule has 13 heavy (non-hydrogen) atoms. The Balaban J connectivity index is 2.68. The van der Waals surface area contributed by atoms with E-state index in [1.54, 1.807) is 0 Å². The van der Waals surface area contributed by atoms with Crippen molar-refractivity contribution in [2.75, 3.05) is 6.61 Å². The first-order valence-corrected chi connectivity index (χ1v) is 5.35. The standard InChI is InChI=1S/C12H22O/c1-10-6-4-8-12(2,3)11(10)7-5-9-13/h5,7,10-11,13H,4,6,8-9H2,1-3H3/t10-,11-/m0/s1. The van der Waals surface area contributed by atoms with Crippen molar-refractivity contribution < 1.29 is 5.11 Å². The Hall–Kier alpha value is -0.300. The predicted molar refractivity (Wildman–Crippen MR) is 56.5 cm³/mol. The average molecular weight is 182 g/mol.